The summed E-state index contributed by atoms with van der Waals surface area (Å²) in [5.74, 6) is 3.50. The summed E-state index contributed by atoms with van der Waals surface area (Å²) in [6, 6.07) is 0.711. The van der Waals surface area contributed by atoms with E-state index in [0.717, 1.165) is 25.3 Å². The molecule has 2 unspecified atom stereocenters. The van der Waals surface area contributed by atoms with Gasteiger partial charge in [0.05, 0.1) is 0 Å². The van der Waals surface area contributed by atoms with Gasteiger partial charge in [-0.2, -0.15) is 0 Å². The Hall–Kier alpha value is -0.480. The lowest BCUT2D eigenvalue weighted by atomic mass is 9.91. The minimum atomic E-state index is 0.531. The summed E-state index contributed by atoms with van der Waals surface area (Å²) in [6.07, 6.45) is 9.88. The van der Waals surface area contributed by atoms with E-state index in [-0.39, 0.29) is 0 Å². The van der Waals surface area contributed by atoms with E-state index < -0.39 is 0 Å². The second-order valence-corrected chi connectivity index (χ2v) is 5.42. The average Bonchev–Trinajstić information content (AvgIpc) is 2.34. The molecule has 1 heteroatoms. The topological polar surface area (TPSA) is 12.0 Å². The zero-order valence-corrected chi connectivity index (χ0v) is 9.77. The van der Waals surface area contributed by atoms with Crippen LogP contribution in [0.1, 0.15) is 46.5 Å². The third-order valence-electron chi connectivity index (χ3n) is 3.24. The molecule has 0 aromatic rings. The van der Waals surface area contributed by atoms with Crippen LogP contribution < -0.4 is 5.32 Å². The van der Waals surface area contributed by atoms with Gasteiger partial charge in [0.2, 0.25) is 0 Å². The highest BCUT2D eigenvalue weighted by Crippen LogP contribution is 2.40. The first-order valence-corrected chi connectivity index (χ1v) is 5.72. The summed E-state index contributed by atoms with van der Waals surface area (Å²) < 4.78 is 0. The van der Waals surface area contributed by atoms with Gasteiger partial charge in [0, 0.05) is 12.5 Å². The van der Waals surface area contributed by atoms with Gasteiger partial charge in [-0.15, -0.1) is 12.3 Å². The first kappa shape index (κ1) is 11.6. The number of nitrogens with one attached hydrogen (secondary N) is 1. The molecule has 0 spiro atoms. The molecular formula is C13H23N. The van der Waals surface area contributed by atoms with Crippen LogP contribution in [0, 0.1) is 23.7 Å². The summed E-state index contributed by atoms with van der Waals surface area (Å²) in [6.45, 7) is 8.17. The quantitative estimate of drug-likeness (QED) is 0.535. The molecule has 1 saturated carbocycles. The SMILES string of the molecule is C#CCCCNC1CC(C)(C)CC1C. The Morgan fingerprint density at radius 3 is 2.64 bits per heavy atom. The van der Waals surface area contributed by atoms with Gasteiger partial charge < -0.3 is 5.32 Å². The standard InChI is InChI=1S/C13H23N/c1-5-6-7-8-14-12-10-13(3,4)9-11(12)2/h1,11-12,14H,6-10H2,2-4H3. The average molecular weight is 193 g/mol. The lowest BCUT2D eigenvalue weighted by Crippen LogP contribution is -2.32. The number of rotatable bonds is 4. The van der Waals surface area contributed by atoms with Crippen LogP contribution >= 0.6 is 0 Å². The molecule has 0 aliphatic heterocycles. The second-order valence-electron chi connectivity index (χ2n) is 5.42. The number of hydrogen-bond acceptors (Lipinski definition) is 1. The highest BCUT2D eigenvalue weighted by atomic mass is 14.9. The van der Waals surface area contributed by atoms with Gasteiger partial charge >= 0.3 is 0 Å². The minimum Gasteiger partial charge on any atom is -0.314 e. The van der Waals surface area contributed by atoms with Crippen LogP contribution in [-0.2, 0) is 0 Å². The van der Waals surface area contributed by atoms with Crippen LogP contribution in [0.4, 0.5) is 0 Å². The normalized spacial score (nSPS) is 30.1. The molecule has 1 nitrogen and oxygen atoms in total. The molecule has 0 heterocycles. The van der Waals surface area contributed by atoms with E-state index in [0.29, 0.717) is 11.5 Å². The third kappa shape index (κ3) is 3.35. The lowest BCUT2D eigenvalue weighted by Gasteiger charge is -2.18. The van der Waals surface area contributed by atoms with Crippen LogP contribution in [0.2, 0.25) is 0 Å². The first-order chi connectivity index (χ1) is 6.55. The minimum absolute atomic E-state index is 0.531. The fourth-order valence-electron chi connectivity index (χ4n) is 2.64. The molecule has 14 heavy (non-hydrogen) atoms. The Bertz CT molecular complexity index is 212. The van der Waals surface area contributed by atoms with Crippen molar-refractivity contribution in [2.24, 2.45) is 11.3 Å². The van der Waals surface area contributed by atoms with Crippen molar-refractivity contribution in [3.63, 3.8) is 0 Å². The highest BCUT2D eigenvalue weighted by Gasteiger charge is 2.35. The molecule has 0 aromatic heterocycles. The summed E-state index contributed by atoms with van der Waals surface area (Å²) in [4.78, 5) is 0. The van der Waals surface area contributed by atoms with Crippen LogP contribution in [0.15, 0.2) is 0 Å². The smallest absolute Gasteiger partial charge is 0.00981 e. The summed E-state index contributed by atoms with van der Waals surface area (Å²) in [7, 11) is 0. The van der Waals surface area contributed by atoms with Crippen LogP contribution in [-0.4, -0.2) is 12.6 Å². The van der Waals surface area contributed by atoms with Gasteiger partial charge in [0.15, 0.2) is 0 Å². The molecule has 0 aromatic carbocycles. The number of terminal acetylenes is 1. The van der Waals surface area contributed by atoms with Gasteiger partial charge in [-0.05, 0) is 37.1 Å². The van der Waals surface area contributed by atoms with Crippen molar-refractivity contribution in [1.29, 1.82) is 0 Å². The molecule has 1 fully saturated rings. The van der Waals surface area contributed by atoms with E-state index in [1.807, 2.05) is 0 Å². The Labute approximate surface area is 88.7 Å². The summed E-state index contributed by atoms with van der Waals surface area (Å²) in [5.41, 5.74) is 0.531. The van der Waals surface area contributed by atoms with Gasteiger partial charge in [-0.1, -0.05) is 20.8 Å². The molecular weight excluding hydrogens is 170 g/mol. The fourth-order valence-corrected chi connectivity index (χ4v) is 2.64. The van der Waals surface area contributed by atoms with E-state index >= 15 is 0 Å². The van der Waals surface area contributed by atoms with E-state index in [1.54, 1.807) is 0 Å². The maximum absolute atomic E-state index is 5.22. The first-order valence-electron chi connectivity index (χ1n) is 5.72. The van der Waals surface area contributed by atoms with E-state index in [2.05, 4.69) is 32.0 Å². The maximum Gasteiger partial charge on any atom is 0.00981 e. The molecule has 1 aliphatic carbocycles. The van der Waals surface area contributed by atoms with E-state index in [9.17, 15) is 0 Å². The molecule has 1 N–H and O–H groups in total. The second kappa shape index (κ2) is 4.84. The molecule has 1 rings (SSSR count). The van der Waals surface area contributed by atoms with Crippen molar-refractivity contribution in [3.8, 4) is 12.3 Å². The zero-order valence-electron chi connectivity index (χ0n) is 9.77. The summed E-state index contributed by atoms with van der Waals surface area (Å²) >= 11 is 0. The van der Waals surface area contributed by atoms with Crippen LogP contribution in [0.25, 0.3) is 0 Å². The fraction of sp³-hybridized carbons (Fsp3) is 0.846. The zero-order chi connectivity index (χ0) is 10.6. The lowest BCUT2D eigenvalue weighted by molar-refractivity contribution is 0.362. The molecule has 2 atom stereocenters. The predicted octanol–water partition coefficient (Wildman–Crippen LogP) is 2.81. The van der Waals surface area contributed by atoms with Crippen molar-refractivity contribution in [1.82, 2.24) is 5.32 Å². The van der Waals surface area contributed by atoms with Crippen molar-refractivity contribution in [2.45, 2.75) is 52.5 Å². The van der Waals surface area contributed by atoms with Gasteiger partial charge in [-0.25, -0.2) is 0 Å². The predicted molar refractivity (Wildman–Crippen MR) is 62.0 cm³/mol. The Kier molecular flexibility index (Phi) is 4.01. The maximum atomic E-state index is 5.22. The molecule has 1 aliphatic rings. The molecule has 0 bridgehead atoms. The van der Waals surface area contributed by atoms with Gasteiger partial charge in [-0.3, -0.25) is 0 Å². The number of hydrogen-bond donors (Lipinski definition) is 1. The van der Waals surface area contributed by atoms with Gasteiger partial charge in [0.1, 0.15) is 0 Å². The van der Waals surface area contributed by atoms with Crippen molar-refractivity contribution in [2.75, 3.05) is 6.54 Å². The van der Waals surface area contributed by atoms with Crippen molar-refractivity contribution < 1.29 is 0 Å². The van der Waals surface area contributed by atoms with Gasteiger partial charge in [0.25, 0.3) is 0 Å². The largest absolute Gasteiger partial charge is 0.314 e. The van der Waals surface area contributed by atoms with E-state index in [1.165, 1.54) is 12.8 Å². The Balaban J connectivity index is 2.23. The highest BCUT2D eigenvalue weighted by molar-refractivity contribution is 4.91. The summed E-state index contributed by atoms with van der Waals surface area (Å²) in [5, 5.41) is 3.63. The third-order valence-corrected chi connectivity index (χ3v) is 3.24. The number of unbranched alkanes of at least 4 members (excludes halogenated alkanes) is 1. The monoisotopic (exact) mass is 193 g/mol. The van der Waals surface area contributed by atoms with Crippen molar-refractivity contribution in [3.05, 3.63) is 0 Å². The van der Waals surface area contributed by atoms with Crippen molar-refractivity contribution >= 4 is 0 Å². The van der Waals surface area contributed by atoms with E-state index in [4.69, 9.17) is 6.42 Å². The Morgan fingerprint density at radius 2 is 2.14 bits per heavy atom. The molecule has 0 saturated heterocycles. The molecule has 0 radical (unpaired) electrons. The molecule has 80 valence electrons. The molecule has 0 amide bonds. The van der Waals surface area contributed by atoms with Crippen LogP contribution in [0.3, 0.4) is 0 Å². The van der Waals surface area contributed by atoms with Crippen LogP contribution in [0.5, 0.6) is 0 Å². The Morgan fingerprint density at radius 1 is 1.43 bits per heavy atom.